The van der Waals surface area contributed by atoms with E-state index in [1.54, 1.807) is 30.3 Å². The molecule has 39 heavy (non-hydrogen) atoms. The molecule has 0 fully saturated rings. The highest BCUT2D eigenvalue weighted by atomic mass is 79.9. The summed E-state index contributed by atoms with van der Waals surface area (Å²) in [6.07, 6.45) is 3.45. The van der Waals surface area contributed by atoms with Crippen molar-refractivity contribution in [3.05, 3.63) is 76.3 Å². The molecule has 0 bridgehead atoms. The van der Waals surface area contributed by atoms with E-state index in [1.165, 1.54) is 6.08 Å². The van der Waals surface area contributed by atoms with Crippen molar-refractivity contribution in [3.63, 3.8) is 0 Å². The number of carbonyl (C=O) groups excluding carboxylic acids is 5. The van der Waals surface area contributed by atoms with Gasteiger partial charge < -0.3 is 27.0 Å². The number of nitrogens with one attached hydrogen (secondary N) is 4. The van der Waals surface area contributed by atoms with Crippen LogP contribution in [0.2, 0.25) is 0 Å². The quantitative estimate of drug-likeness (QED) is 0.207. The molecule has 2 rings (SSSR count). The van der Waals surface area contributed by atoms with E-state index in [2.05, 4.69) is 37.2 Å². The number of nitrogens with two attached hydrogens (primary N) is 1. The third kappa shape index (κ3) is 12.4. The number of hydrogen-bond acceptors (Lipinski definition) is 5. The van der Waals surface area contributed by atoms with Crippen molar-refractivity contribution in [2.24, 2.45) is 11.7 Å². The fourth-order valence-electron chi connectivity index (χ4n) is 3.53. The Balaban J connectivity index is 1.94. The second-order valence-corrected chi connectivity index (χ2v) is 10.2. The zero-order valence-corrected chi connectivity index (χ0v) is 23.5. The van der Waals surface area contributed by atoms with Crippen LogP contribution in [-0.4, -0.2) is 54.7 Å². The minimum absolute atomic E-state index is 0.125. The van der Waals surface area contributed by atoms with E-state index in [1.807, 2.05) is 44.2 Å². The van der Waals surface area contributed by atoms with Crippen molar-refractivity contribution < 1.29 is 24.0 Å². The Morgan fingerprint density at radius 3 is 2.03 bits per heavy atom. The predicted octanol–water partition coefficient (Wildman–Crippen LogP) is 1.44. The summed E-state index contributed by atoms with van der Waals surface area (Å²) in [5.41, 5.74) is 6.96. The molecule has 0 saturated heterocycles. The third-order valence-corrected chi connectivity index (χ3v) is 5.99. The molecule has 0 aliphatic carbocycles. The van der Waals surface area contributed by atoms with Gasteiger partial charge in [-0.05, 0) is 41.7 Å². The Morgan fingerprint density at radius 2 is 1.44 bits per heavy atom. The van der Waals surface area contributed by atoms with E-state index in [-0.39, 0.29) is 18.9 Å². The highest BCUT2D eigenvalue weighted by Crippen LogP contribution is 2.11. The second kappa shape index (κ2) is 16.1. The lowest BCUT2D eigenvalue weighted by molar-refractivity contribution is -0.131. The van der Waals surface area contributed by atoms with Crippen molar-refractivity contribution in [2.45, 2.75) is 38.8 Å². The van der Waals surface area contributed by atoms with Crippen LogP contribution in [0.4, 0.5) is 0 Å². The first-order valence-corrected chi connectivity index (χ1v) is 13.2. The van der Waals surface area contributed by atoms with E-state index < -0.39 is 48.2 Å². The molecule has 11 heteroatoms. The first-order chi connectivity index (χ1) is 18.5. The van der Waals surface area contributed by atoms with Crippen LogP contribution in [0.5, 0.6) is 0 Å². The van der Waals surface area contributed by atoms with Gasteiger partial charge in [-0.1, -0.05) is 72.2 Å². The fourth-order valence-corrected chi connectivity index (χ4v) is 3.79. The summed E-state index contributed by atoms with van der Waals surface area (Å²) in [7, 11) is 0. The molecular weight excluding hydrogens is 566 g/mol. The monoisotopic (exact) mass is 599 g/mol. The van der Waals surface area contributed by atoms with Crippen LogP contribution >= 0.6 is 15.9 Å². The first kappa shape index (κ1) is 31.2. The summed E-state index contributed by atoms with van der Waals surface area (Å²) in [5, 5.41) is 10.1. The molecule has 10 nitrogen and oxygen atoms in total. The van der Waals surface area contributed by atoms with Gasteiger partial charge in [-0.25, -0.2) is 0 Å². The second-order valence-electron chi connectivity index (χ2n) is 9.28. The lowest BCUT2D eigenvalue weighted by Crippen LogP contribution is -2.53. The molecule has 0 heterocycles. The van der Waals surface area contributed by atoms with Crippen molar-refractivity contribution in [2.75, 3.05) is 13.1 Å². The normalized spacial score (nSPS) is 12.4. The average Bonchev–Trinajstić information content (AvgIpc) is 2.89. The summed E-state index contributed by atoms with van der Waals surface area (Å²) in [4.78, 5) is 61.5. The van der Waals surface area contributed by atoms with E-state index in [0.717, 1.165) is 15.6 Å². The Bertz CT molecular complexity index is 1170. The number of hydrogen-bond donors (Lipinski definition) is 5. The molecule has 0 spiro atoms. The fraction of sp³-hybridized carbons (Fsp3) is 0.321. The predicted molar refractivity (Wildman–Crippen MR) is 152 cm³/mol. The molecule has 0 aliphatic heterocycles. The topological polar surface area (TPSA) is 159 Å². The van der Waals surface area contributed by atoms with Gasteiger partial charge in [0.1, 0.15) is 12.1 Å². The van der Waals surface area contributed by atoms with Crippen LogP contribution in [0.3, 0.4) is 0 Å². The SMILES string of the molecule is CC(C)C[C@H](NC(=O)CNC(=O)[C@H](Cc1ccccc1)NC(=O)CNC(=O)/C=C/c1ccc(Br)cc1)C(N)=O. The van der Waals surface area contributed by atoms with Gasteiger partial charge in [0.05, 0.1) is 13.1 Å². The van der Waals surface area contributed by atoms with Crippen molar-refractivity contribution in [1.29, 1.82) is 0 Å². The smallest absolute Gasteiger partial charge is 0.244 e. The summed E-state index contributed by atoms with van der Waals surface area (Å²) < 4.78 is 0.913. The lowest BCUT2D eigenvalue weighted by Gasteiger charge is -2.20. The Kier molecular flexibility index (Phi) is 12.9. The van der Waals surface area contributed by atoms with Crippen LogP contribution < -0.4 is 27.0 Å². The van der Waals surface area contributed by atoms with E-state index in [9.17, 15) is 24.0 Å². The van der Waals surface area contributed by atoms with Gasteiger partial charge in [0, 0.05) is 17.0 Å². The van der Waals surface area contributed by atoms with E-state index in [0.29, 0.717) is 6.42 Å². The highest BCUT2D eigenvalue weighted by Gasteiger charge is 2.23. The van der Waals surface area contributed by atoms with Crippen LogP contribution in [-0.2, 0) is 30.4 Å². The van der Waals surface area contributed by atoms with Crippen molar-refractivity contribution in [1.82, 2.24) is 21.3 Å². The zero-order valence-electron chi connectivity index (χ0n) is 21.9. The third-order valence-electron chi connectivity index (χ3n) is 5.46. The number of carbonyl (C=O) groups is 5. The minimum Gasteiger partial charge on any atom is -0.368 e. The Labute approximate surface area is 236 Å². The molecule has 5 amide bonds. The maximum Gasteiger partial charge on any atom is 0.244 e. The van der Waals surface area contributed by atoms with E-state index >= 15 is 0 Å². The molecule has 0 saturated carbocycles. The molecule has 0 unspecified atom stereocenters. The van der Waals surface area contributed by atoms with Crippen LogP contribution in [0.25, 0.3) is 6.08 Å². The van der Waals surface area contributed by atoms with E-state index in [4.69, 9.17) is 5.73 Å². The van der Waals surface area contributed by atoms with Crippen LogP contribution in [0.15, 0.2) is 65.1 Å². The van der Waals surface area contributed by atoms with Crippen molar-refractivity contribution in [3.8, 4) is 0 Å². The molecule has 2 atom stereocenters. The first-order valence-electron chi connectivity index (χ1n) is 12.4. The number of primary amides is 1. The molecule has 0 aliphatic rings. The summed E-state index contributed by atoms with van der Waals surface area (Å²) >= 11 is 3.34. The van der Waals surface area contributed by atoms with Gasteiger partial charge in [-0.15, -0.1) is 0 Å². The van der Waals surface area contributed by atoms with Gasteiger partial charge >= 0.3 is 0 Å². The number of halogens is 1. The molecule has 0 aromatic heterocycles. The zero-order chi connectivity index (χ0) is 28.8. The Morgan fingerprint density at radius 1 is 0.846 bits per heavy atom. The molecule has 208 valence electrons. The van der Waals surface area contributed by atoms with Gasteiger partial charge in [-0.2, -0.15) is 0 Å². The minimum atomic E-state index is -1.01. The number of benzene rings is 2. The molecule has 2 aromatic rings. The van der Waals surface area contributed by atoms with Gasteiger partial charge in [-0.3, -0.25) is 24.0 Å². The van der Waals surface area contributed by atoms with Crippen molar-refractivity contribution >= 4 is 51.5 Å². The van der Waals surface area contributed by atoms with Gasteiger partial charge in [0.2, 0.25) is 29.5 Å². The molecule has 6 N–H and O–H groups in total. The average molecular weight is 601 g/mol. The Hall–Kier alpha value is -3.99. The van der Waals surface area contributed by atoms with Crippen LogP contribution in [0, 0.1) is 5.92 Å². The highest BCUT2D eigenvalue weighted by molar-refractivity contribution is 9.10. The maximum absolute atomic E-state index is 12.9. The standard InChI is InChI=1S/C28H34BrN5O5/c1-18(2)14-22(27(30)38)33-26(37)17-32-28(39)23(15-20-6-4-3-5-7-20)34-25(36)16-31-24(35)13-10-19-8-11-21(29)12-9-19/h3-13,18,22-23H,14-17H2,1-2H3,(H2,30,38)(H,31,35)(H,32,39)(H,33,37)(H,34,36)/b13-10+/t22-,23-/m0/s1. The number of amides is 5. The maximum atomic E-state index is 12.9. The van der Waals surface area contributed by atoms with Gasteiger partial charge in [0.15, 0.2) is 0 Å². The molecule has 2 aromatic carbocycles. The summed E-state index contributed by atoms with van der Waals surface area (Å²) in [5.74, 6) is -2.76. The van der Waals surface area contributed by atoms with Gasteiger partial charge in [0.25, 0.3) is 0 Å². The molecular formula is C28H34BrN5O5. The summed E-state index contributed by atoms with van der Waals surface area (Å²) in [6, 6.07) is 14.5. The summed E-state index contributed by atoms with van der Waals surface area (Å²) in [6.45, 7) is 3.03. The lowest BCUT2D eigenvalue weighted by atomic mass is 10.0. The number of rotatable bonds is 14. The molecule has 0 radical (unpaired) electrons. The van der Waals surface area contributed by atoms with Crippen LogP contribution in [0.1, 0.15) is 31.4 Å². The largest absolute Gasteiger partial charge is 0.368 e.